The van der Waals surface area contributed by atoms with Crippen LogP contribution in [0.1, 0.15) is 30.5 Å². The highest BCUT2D eigenvalue weighted by Crippen LogP contribution is 2.08. The van der Waals surface area contributed by atoms with Gasteiger partial charge in [0.25, 0.3) is 0 Å². The molecule has 0 fully saturated rings. The lowest BCUT2D eigenvalue weighted by Crippen LogP contribution is -1.93. The Morgan fingerprint density at radius 3 is 2.08 bits per heavy atom. The van der Waals surface area contributed by atoms with Crippen molar-refractivity contribution in [3.63, 3.8) is 0 Å². The Morgan fingerprint density at radius 1 is 1.08 bits per heavy atom. The monoisotopic (exact) mass is 176 g/mol. The van der Waals surface area contributed by atoms with Crippen molar-refractivity contribution < 1.29 is 0 Å². The van der Waals surface area contributed by atoms with Gasteiger partial charge < -0.3 is 10.8 Å². The summed E-state index contributed by atoms with van der Waals surface area (Å²) < 4.78 is 0. The van der Waals surface area contributed by atoms with E-state index in [9.17, 15) is 0 Å². The van der Waals surface area contributed by atoms with Gasteiger partial charge in [0.05, 0.1) is 0 Å². The second-order valence-electron chi connectivity index (χ2n) is 2.37. The summed E-state index contributed by atoms with van der Waals surface area (Å²) in [6.07, 6.45) is 2.56. The molecule has 0 aliphatic rings. The van der Waals surface area contributed by atoms with Gasteiger partial charge >= 0.3 is 0 Å². The molecule has 2 heteroatoms. The summed E-state index contributed by atoms with van der Waals surface area (Å²) in [7, 11) is 0. The van der Waals surface area contributed by atoms with Crippen molar-refractivity contribution >= 4 is 12.4 Å². The lowest BCUT2D eigenvalue weighted by molar-refractivity contribution is 1.41. The molecule has 0 bridgehead atoms. The van der Waals surface area contributed by atoms with E-state index in [-0.39, 0.29) is 0 Å². The molecule has 1 aromatic carbocycles. The largest absolute Gasteiger partial charge is 0.308 e. The number of hydrogen-bond donors (Lipinski definition) is 2. The van der Waals surface area contributed by atoms with Gasteiger partial charge in [-0.25, -0.2) is 0 Å². The molecule has 0 aliphatic carbocycles. The fourth-order valence-corrected chi connectivity index (χ4v) is 1.03. The Bertz CT molecular complexity index is 290. The van der Waals surface area contributed by atoms with Crippen LogP contribution in [0.5, 0.6) is 0 Å². The predicted octanol–water partition coefficient (Wildman–Crippen LogP) is 3.02. The van der Waals surface area contributed by atoms with E-state index < -0.39 is 0 Å². The Hall–Kier alpha value is -1.44. The molecular formula is C11H16N2. The molecule has 70 valence electrons. The Labute approximate surface area is 79.6 Å². The minimum atomic E-state index is 0.806. The van der Waals surface area contributed by atoms with Crippen LogP contribution in [0.4, 0.5) is 0 Å². The fourth-order valence-electron chi connectivity index (χ4n) is 1.03. The van der Waals surface area contributed by atoms with Crippen LogP contribution in [0, 0.1) is 17.7 Å². The standard InChI is InChI=1S/C9H10N2.C2H6/c1-7-3-2-4-8(5-10)9(7)6-11;1-2/h2-6,10-11H,1H3;1-2H3. The summed E-state index contributed by atoms with van der Waals surface area (Å²) >= 11 is 0. The average molecular weight is 176 g/mol. The number of aryl methyl sites for hydroxylation is 1. The highest BCUT2D eigenvalue weighted by molar-refractivity contribution is 5.93. The van der Waals surface area contributed by atoms with Crippen LogP contribution in [0.25, 0.3) is 0 Å². The Kier molecular flexibility index (Phi) is 5.44. The Balaban J connectivity index is 0.000000671. The molecule has 2 N–H and O–H groups in total. The normalized spacial score (nSPS) is 8.23. The first-order valence-electron chi connectivity index (χ1n) is 4.40. The van der Waals surface area contributed by atoms with Gasteiger partial charge in [-0.3, -0.25) is 0 Å². The lowest BCUT2D eigenvalue weighted by Gasteiger charge is -2.01. The minimum absolute atomic E-state index is 0.806. The third kappa shape index (κ3) is 2.82. The van der Waals surface area contributed by atoms with Crippen LogP contribution >= 0.6 is 0 Å². The molecule has 0 saturated carbocycles. The predicted molar refractivity (Wildman–Crippen MR) is 58.3 cm³/mol. The summed E-state index contributed by atoms with van der Waals surface area (Å²) in [6.45, 7) is 5.94. The van der Waals surface area contributed by atoms with E-state index in [1.807, 2.05) is 39.0 Å². The van der Waals surface area contributed by atoms with Crippen LogP contribution in [0.15, 0.2) is 18.2 Å². The van der Waals surface area contributed by atoms with E-state index in [1.165, 1.54) is 12.4 Å². The Morgan fingerprint density at radius 2 is 1.69 bits per heavy atom. The van der Waals surface area contributed by atoms with Gasteiger partial charge in [-0.05, 0) is 12.5 Å². The van der Waals surface area contributed by atoms with Crippen molar-refractivity contribution in [2.24, 2.45) is 0 Å². The maximum absolute atomic E-state index is 7.10. The first-order valence-corrected chi connectivity index (χ1v) is 4.40. The molecular weight excluding hydrogens is 160 g/mol. The van der Waals surface area contributed by atoms with Crippen molar-refractivity contribution in [1.29, 1.82) is 10.8 Å². The first-order chi connectivity index (χ1) is 6.29. The van der Waals surface area contributed by atoms with Crippen LogP contribution in [-0.2, 0) is 0 Å². The van der Waals surface area contributed by atoms with Gasteiger partial charge in [0.1, 0.15) is 0 Å². The van der Waals surface area contributed by atoms with Crippen molar-refractivity contribution in [1.82, 2.24) is 0 Å². The van der Waals surface area contributed by atoms with E-state index in [0.717, 1.165) is 16.7 Å². The molecule has 0 saturated heterocycles. The van der Waals surface area contributed by atoms with Gasteiger partial charge in [-0.1, -0.05) is 32.0 Å². The first kappa shape index (κ1) is 11.6. The van der Waals surface area contributed by atoms with E-state index in [0.29, 0.717) is 0 Å². The van der Waals surface area contributed by atoms with Gasteiger partial charge in [0.15, 0.2) is 0 Å². The van der Waals surface area contributed by atoms with Crippen LogP contribution < -0.4 is 0 Å². The zero-order chi connectivity index (χ0) is 10.3. The van der Waals surface area contributed by atoms with Gasteiger partial charge in [-0.15, -0.1) is 0 Å². The third-order valence-corrected chi connectivity index (χ3v) is 1.66. The second-order valence-corrected chi connectivity index (χ2v) is 2.37. The third-order valence-electron chi connectivity index (χ3n) is 1.66. The number of rotatable bonds is 2. The molecule has 0 unspecified atom stereocenters. The molecule has 1 aromatic rings. The molecule has 0 spiro atoms. The molecule has 0 amide bonds. The summed E-state index contributed by atoms with van der Waals surface area (Å²) in [5, 5.41) is 14.2. The molecule has 0 aromatic heterocycles. The van der Waals surface area contributed by atoms with E-state index in [2.05, 4.69) is 0 Å². The second kappa shape index (κ2) is 6.12. The SMILES string of the molecule is CC.Cc1cccc(C=N)c1C=N. The van der Waals surface area contributed by atoms with Crippen molar-refractivity contribution in [3.8, 4) is 0 Å². The van der Waals surface area contributed by atoms with Gasteiger partial charge in [0, 0.05) is 23.6 Å². The summed E-state index contributed by atoms with van der Waals surface area (Å²) in [5.41, 5.74) is 2.68. The maximum Gasteiger partial charge on any atom is 0.0259 e. The van der Waals surface area contributed by atoms with Gasteiger partial charge in [0.2, 0.25) is 0 Å². The van der Waals surface area contributed by atoms with Crippen molar-refractivity contribution in [2.75, 3.05) is 0 Å². The van der Waals surface area contributed by atoms with E-state index in [1.54, 1.807) is 0 Å². The highest BCUT2D eigenvalue weighted by atomic mass is 14.4. The smallest absolute Gasteiger partial charge is 0.0259 e. The molecule has 0 radical (unpaired) electrons. The molecule has 2 nitrogen and oxygen atoms in total. The number of benzene rings is 1. The summed E-state index contributed by atoms with van der Waals surface area (Å²) in [5.74, 6) is 0. The van der Waals surface area contributed by atoms with Crippen LogP contribution in [-0.4, -0.2) is 12.4 Å². The zero-order valence-corrected chi connectivity index (χ0v) is 8.39. The molecule has 0 heterocycles. The van der Waals surface area contributed by atoms with Gasteiger partial charge in [-0.2, -0.15) is 0 Å². The molecule has 0 aliphatic heterocycles. The van der Waals surface area contributed by atoms with Crippen LogP contribution in [0.2, 0.25) is 0 Å². The summed E-state index contributed by atoms with van der Waals surface area (Å²) in [4.78, 5) is 0. The number of nitrogens with one attached hydrogen (secondary N) is 2. The molecule has 1 rings (SSSR count). The van der Waals surface area contributed by atoms with Crippen LogP contribution in [0.3, 0.4) is 0 Å². The van der Waals surface area contributed by atoms with E-state index in [4.69, 9.17) is 10.8 Å². The number of hydrogen-bond acceptors (Lipinski definition) is 2. The summed E-state index contributed by atoms with van der Waals surface area (Å²) in [6, 6.07) is 5.66. The lowest BCUT2D eigenvalue weighted by atomic mass is 10.0. The fraction of sp³-hybridized carbons (Fsp3) is 0.273. The molecule has 13 heavy (non-hydrogen) atoms. The minimum Gasteiger partial charge on any atom is -0.308 e. The van der Waals surface area contributed by atoms with Crippen molar-refractivity contribution in [3.05, 3.63) is 34.9 Å². The molecule has 0 atom stereocenters. The highest BCUT2D eigenvalue weighted by Gasteiger charge is 1.98. The van der Waals surface area contributed by atoms with E-state index >= 15 is 0 Å². The maximum atomic E-state index is 7.10. The average Bonchev–Trinajstić information content (AvgIpc) is 2.20. The zero-order valence-electron chi connectivity index (χ0n) is 8.39. The topological polar surface area (TPSA) is 47.7 Å². The quantitative estimate of drug-likeness (QED) is 0.651. The van der Waals surface area contributed by atoms with Crippen molar-refractivity contribution in [2.45, 2.75) is 20.8 Å².